The van der Waals surface area contributed by atoms with Crippen LogP contribution in [-0.4, -0.2) is 38.2 Å². The molecule has 1 rings (SSSR count). The maximum absolute atomic E-state index is 11.7. The van der Waals surface area contributed by atoms with Crippen molar-refractivity contribution in [2.75, 3.05) is 31.3 Å². The minimum atomic E-state index is -0.638. The molecule has 20 heavy (non-hydrogen) atoms. The van der Waals surface area contributed by atoms with Gasteiger partial charge in [-0.05, 0) is 31.2 Å². The second kappa shape index (κ2) is 8.00. The molecule has 7 heteroatoms. The van der Waals surface area contributed by atoms with Crippen LogP contribution in [0.5, 0.6) is 0 Å². The Kier molecular flexibility index (Phi) is 6.31. The fourth-order valence-electron chi connectivity index (χ4n) is 1.43. The van der Waals surface area contributed by atoms with E-state index < -0.39 is 12.1 Å². The number of amides is 3. The van der Waals surface area contributed by atoms with Crippen molar-refractivity contribution in [3.8, 4) is 0 Å². The van der Waals surface area contributed by atoms with Gasteiger partial charge < -0.3 is 26.4 Å². The molecule has 5 N–H and O–H groups in total. The summed E-state index contributed by atoms with van der Waals surface area (Å²) in [7, 11) is 1.55. The smallest absolute Gasteiger partial charge is 0.319 e. The summed E-state index contributed by atoms with van der Waals surface area (Å²) in [6.07, 6.45) is 0. The second-order valence-electron chi connectivity index (χ2n) is 4.23. The molecule has 1 aromatic rings. The third-order valence-corrected chi connectivity index (χ3v) is 2.51. The van der Waals surface area contributed by atoms with Crippen molar-refractivity contribution < 1.29 is 14.3 Å². The van der Waals surface area contributed by atoms with Crippen LogP contribution >= 0.6 is 0 Å². The molecule has 0 radical (unpaired) electrons. The Bertz CT molecular complexity index is 447. The van der Waals surface area contributed by atoms with E-state index in [1.807, 2.05) is 0 Å². The molecule has 0 aromatic heterocycles. The molecule has 0 heterocycles. The molecule has 0 fully saturated rings. The topological polar surface area (TPSA) is 105 Å². The van der Waals surface area contributed by atoms with Crippen LogP contribution in [0.1, 0.15) is 6.92 Å². The number of hydrogen-bond acceptors (Lipinski definition) is 4. The third kappa shape index (κ3) is 5.57. The SMILES string of the molecule is COCCNC(=O)C(C)NC(=O)Nc1ccc(N)cc1. The number of nitrogen functional groups attached to an aromatic ring is 1. The number of anilines is 2. The van der Waals surface area contributed by atoms with E-state index in [0.717, 1.165) is 0 Å². The Hall–Kier alpha value is -2.28. The Labute approximate surface area is 117 Å². The molecule has 0 saturated heterocycles. The summed E-state index contributed by atoms with van der Waals surface area (Å²) in [6.45, 7) is 2.43. The first kappa shape index (κ1) is 15.8. The van der Waals surface area contributed by atoms with Crippen molar-refractivity contribution in [1.82, 2.24) is 10.6 Å². The highest BCUT2D eigenvalue weighted by atomic mass is 16.5. The molecule has 0 spiro atoms. The molecule has 1 atom stereocenters. The number of ether oxygens (including phenoxy) is 1. The molecule has 0 saturated carbocycles. The van der Waals surface area contributed by atoms with Gasteiger partial charge in [0, 0.05) is 25.0 Å². The normalized spacial score (nSPS) is 11.5. The standard InChI is InChI=1S/C13H20N4O3/c1-9(12(18)15-7-8-20-2)16-13(19)17-11-5-3-10(14)4-6-11/h3-6,9H,7-8,14H2,1-2H3,(H,15,18)(H2,16,17,19). The minimum Gasteiger partial charge on any atom is -0.399 e. The molecule has 3 amide bonds. The van der Waals surface area contributed by atoms with Gasteiger partial charge in [-0.2, -0.15) is 0 Å². The largest absolute Gasteiger partial charge is 0.399 e. The third-order valence-electron chi connectivity index (χ3n) is 2.51. The van der Waals surface area contributed by atoms with Gasteiger partial charge in [0.15, 0.2) is 0 Å². The number of nitrogens with one attached hydrogen (secondary N) is 3. The maximum atomic E-state index is 11.7. The summed E-state index contributed by atoms with van der Waals surface area (Å²) in [5.41, 5.74) is 6.76. The lowest BCUT2D eigenvalue weighted by Gasteiger charge is -2.14. The van der Waals surface area contributed by atoms with Crippen LogP contribution in [0, 0.1) is 0 Å². The van der Waals surface area contributed by atoms with Crippen LogP contribution in [0.3, 0.4) is 0 Å². The van der Waals surface area contributed by atoms with Gasteiger partial charge in [-0.3, -0.25) is 4.79 Å². The van der Waals surface area contributed by atoms with Crippen LogP contribution in [0.4, 0.5) is 16.2 Å². The highest BCUT2D eigenvalue weighted by Gasteiger charge is 2.14. The van der Waals surface area contributed by atoms with E-state index in [4.69, 9.17) is 10.5 Å². The molecule has 0 aliphatic carbocycles. The Balaban J connectivity index is 2.37. The van der Waals surface area contributed by atoms with E-state index in [-0.39, 0.29) is 5.91 Å². The molecule has 1 aromatic carbocycles. The zero-order valence-electron chi connectivity index (χ0n) is 11.6. The molecule has 7 nitrogen and oxygen atoms in total. The number of rotatable bonds is 6. The lowest BCUT2D eigenvalue weighted by molar-refractivity contribution is -0.122. The first-order valence-electron chi connectivity index (χ1n) is 6.22. The number of benzene rings is 1. The maximum Gasteiger partial charge on any atom is 0.319 e. The molecule has 0 aliphatic rings. The van der Waals surface area contributed by atoms with E-state index >= 15 is 0 Å². The Morgan fingerprint density at radius 3 is 2.55 bits per heavy atom. The van der Waals surface area contributed by atoms with Crippen LogP contribution < -0.4 is 21.7 Å². The minimum absolute atomic E-state index is 0.269. The number of methoxy groups -OCH3 is 1. The number of carbonyl (C=O) groups is 2. The van der Waals surface area contributed by atoms with E-state index in [1.54, 1.807) is 38.3 Å². The van der Waals surface area contributed by atoms with Crippen molar-refractivity contribution in [3.05, 3.63) is 24.3 Å². The fourth-order valence-corrected chi connectivity index (χ4v) is 1.43. The van der Waals surface area contributed by atoms with Crippen molar-refractivity contribution in [1.29, 1.82) is 0 Å². The quantitative estimate of drug-likeness (QED) is 0.451. The molecule has 0 bridgehead atoms. The predicted octanol–water partition coefficient (Wildman–Crippen LogP) is 0.541. The van der Waals surface area contributed by atoms with Gasteiger partial charge in [-0.15, -0.1) is 0 Å². The van der Waals surface area contributed by atoms with E-state index in [2.05, 4.69) is 16.0 Å². The van der Waals surface area contributed by atoms with E-state index in [9.17, 15) is 9.59 Å². The predicted molar refractivity (Wildman–Crippen MR) is 77.4 cm³/mol. The highest BCUT2D eigenvalue weighted by Crippen LogP contribution is 2.09. The summed E-state index contributed by atoms with van der Waals surface area (Å²) >= 11 is 0. The van der Waals surface area contributed by atoms with Gasteiger partial charge in [0.05, 0.1) is 6.61 Å². The van der Waals surface area contributed by atoms with Crippen LogP contribution in [0.25, 0.3) is 0 Å². The summed E-state index contributed by atoms with van der Waals surface area (Å²) in [6, 6.07) is 5.62. The summed E-state index contributed by atoms with van der Waals surface area (Å²) in [5.74, 6) is -0.269. The second-order valence-corrected chi connectivity index (χ2v) is 4.23. The number of carbonyl (C=O) groups excluding carboxylic acids is 2. The van der Waals surface area contributed by atoms with Crippen molar-refractivity contribution in [2.45, 2.75) is 13.0 Å². The van der Waals surface area contributed by atoms with E-state index in [0.29, 0.717) is 24.5 Å². The summed E-state index contributed by atoms with van der Waals surface area (Å²) in [5, 5.41) is 7.78. The van der Waals surface area contributed by atoms with Crippen LogP contribution in [0.15, 0.2) is 24.3 Å². The monoisotopic (exact) mass is 280 g/mol. The average molecular weight is 280 g/mol. The Morgan fingerprint density at radius 2 is 1.95 bits per heavy atom. The van der Waals surface area contributed by atoms with Crippen molar-refractivity contribution in [3.63, 3.8) is 0 Å². The lowest BCUT2D eigenvalue weighted by Crippen LogP contribution is -2.46. The fraction of sp³-hybridized carbons (Fsp3) is 0.385. The molecule has 1 unspecified atom stereocenters. The summed E-state index contributed by atoms with van der Waals surface area (Å²) < 4.78 is 4.82. The average Bonchev–Trinajstić information content (AvgIpc) is 2.41. The number of hydrogen-bond donors (Lipinski definition) is 4. The zero-order valence-corrected chi connectivity index (χ0v) is 11.6. The van der Waals surface area contributed by atoms with Gasteiger partial charge in [0.25, 0.3) is 0 Å². The molecule has 0 aliphatic heterocycles. The van der Waals surface area contributed by atoms with Crippen LogP contribution in [-0.2, 0) is 9.53 Å². The van der Waals surface area contributed by atoms with Gasteiger partial charge in [-0.25, -0.2) is 4.79 Å². The molecular weight excluding hydrogens is 260 g/mol. The first-order valence-corrected chi connectivity index (χ1v) is 6.22. The first-order chi connectivity index (χ1) is 9.52. The summed E-state index contributed by atoms with van der Waals surface area (Å²) in [4.78, 5) is 23.3. The van der Waals surface area contributed by atoms with Gasteiger partial charge in [-0.1, -0.05) is 0 Å². The van der Waals surface area contributed by atoms with E-state index in [1.165, 1.54) is 0 Å². The van der Waals surface area contributed by atoms with Crippen molar-refractivity contribution in [2.24, 2.45) is 0 Å². The molecule has 110 valence electrons. The molecular formula is C13H20N4O3. The highest BCUT2D eigenvalue weighted by molar-refractivity contribution is 5.93. The number of urea groups is 1. The van der Waals surface area contributed by atoms with Gasteiger partial charge in [0.1, 0.15) is 6.04 Å². The zero-order chi connectivity index (χ0) is 15.0. The van der Waals surface area contributed by atoms with Crippen LogP contribution in [0.2, 0.25) is 0 Å². The van der Waals surface area contributed by atoms with Gasteiger partial charge in [0.2, 0.25) is 5.91 Å². The van der Waals surface area contributed by atoms with Gasteiger partial charge >= 0.3 is 6.03 Å². The Morgan fingerprint density at radius 1 is 1.30 bits per heavy atom. The van der Waals surface area contributed by atoms with Crippen molar-refractivity contribution >= 4 is 23.3 Å². The lowest BCUT2D eigenvalue weighted by atomic mass is 10.3. The number of nitrogens with two attached hydrogens (primary N) is 1.